The van der Waals surface area contributed by atoms with Crippen molar-refractivity contribution < 1.29 is 27.5 Å². The summed E-state index contributed by atoms with van der Waals surface area (Å²) in [5.74, 6) is 0.325. The second-order valence-corrected chi connectivity index (χ2v) is 11.2. The number of amides is 2. The van der Waals surface area contributed by atoms with Crippen LogP contribution in [-0.2, 0) is 32.5 Å². The molecule has 2 aromatic rings. The van der Waals surface area contributed by atoms with Crippen molar-refractivity contribution in [3.63, 3.8) is 0 Å². The summed E-state index contributed by atoms with van der Waals surface area (Å²) in [6.45, 7) is 5.07. The molecule has 0 radical (unpaired) electrons. The largest absolute Gasteiger partial charge is 0.493 e. The van der Waals surface area contributed by atoms with Gasteiger partial charge in [-0.1, -0.05) is 18.7 Å². The molecule has 0 spiro atoms. The number of nitrogens with one attached hydrogen (secondary N) is 2. The lowest BCUT2D eigenvalue weighted by atomic mass is 10.0. The minimum Gasteiger partial charge on any atom is -0.493 e. The van der Waals surface area contributed by atoms with Gasteiger partial charge < -0.3 is 20.1 Å². The normalized spacial score (nSPS) is 23.3. The van der Waals surface area contributed by atoms with Gasteiger partial charge in [0.25, 0.3) is 5.91 Å². The van der Waals surface area contributed by atoms with E-state index in [-0.39, 0.29) is 35.3 Å². The Labute approximate surface area is 210 Å². The highest BCUT2D eigenvalue weighted by Gasteiger charge is 2.46. The summed E-state index contributed by atoms with van der Waals surface area (Å²) in [4.78, 5) is 24.3. The van der Waals surface area contributed by atoms with Crippen molar-refractivity contribution in [1.82, 2.24) is 14.9 Å². The standard InChI is InChI=1S/C26H29N3O6S/c1-2-24(30)28-25-13-20-15-29(16-23(20)35-25)36(32,33)21-8-6-18(7-9-21)26(31)27-14-17-5-10-22-19(12-17)4-3-11-34-22/h2,5-10,12,20,23,25H,1,3-4,11,13-16H2,(H,27,31)(H,28,30). The fraction of sp³-hybridized carbons (Fsp3) is 0.385. The number of sulfonamides is 1. The Kier molecular flexibility index (Phi) is 6.83. The van der Waals surface area contributed by atoms with E-state index >= 15 is 0 Å². The number of carbonyl (C=O) groups excluding carboxylic acids is 2. The summed E-state index contributed by atoms with van der Waals surface area (Å²) < 4.78 is 39.2. The Morgan fingerprint density at radius 1 is 1.14 bits per heavy atom. The molecular weight excluding hydrogens is 482 g/mol. The smallest absolute Gasteiger partial charge is 0.251 e. The molecule has 0 aliphatic carbocycles. The Morgan fingerprint density at radius 3 is 2.69 bits per heavy atom. The number of ether oxygens (including phenoxy) is 2. The molecule has 36 heavy (non-hydrogen) atoms. The van der Waals surface area contributed by atoms with Crippen LogP contribution in [0.4, 0.5) is 0 Å². The summed E-state index contributed by atoms with van der Waals surface area (Å²) in [5, 5.41) is 5.59. The first-order valence-electron chi connectivity index (χ1n) is 12.0. The molecule has 3 unspecified atom stereocenters. The summed E-state index contributed by atoms with van der Waals surface area (Å²) in [7, 11) is -3.73. The van der Waals surface area contributed by atoms with Gasteiger partial charge in [0.2, 0.25) is 15.9 Å². The molecule has 2 amide bonds. The summed E-state index contributed by atoms with van der Waals surface area (Å²) in [6.07, 6.45) is 2.98. The van der Waals surface area contributed by atoms with Gasteiger partial charge in [-0.3, -0.25) is 9.59 Å². The zero-order valence-electron chi connectivity index (χ0n) is 19.8. The Bertz CT molecular complexity index is 1260. The van der Waals surface area contributed by atoms with Crippen LogP contribution in [0.25, 0.3) is 0 Å². The maximum absolute atomic E-state index is 13.2. The molecule has 2 aromatic carbocycles. The molecule has 5 rings (SSSR count). The second kappa shape index (κ2) is 10.0. The maximum Gasteiger partial charge on any atom is 0.251 e. The van der Waals surface area contributed by atoms with Gasteiger partial charge in [-0.2, -0.15) is 4.31 Å². The minimum absolute atomic E-state index is 0.00935. The van der Waals surface area contributed by atoms with Gasteiger partial charge in [-0.15, -0.1) is 0 Å². The molecular formula is C26H29N3O6S. The van der Waals surface area contributed by atoms with Crippen molar-refractivity contribution in [3.8, 4) is 5.75 Å². The predicted molar refractivity (Wildman–Crippen MR) is 132 cm³/mol. The van der Waals surface area contributed by atoms with Crippen LogP contribution in [0, 0.1) is 5.92 Å². The van der Waals surface area contributed by atoms with E-state index in [2.05, 4.69) is 23.3 Å². The van der Waals surface area contributed by atoms with Crippen LogP contribution in [0.5, 0.6) is 5.75 Å². The molecule has 3 aliphatic rings. The molecule has 0 saturated carbocycles. The van der Waals surface area contributed by atoms with Crippen molar-refractivity contribution in [2.75, 3.05) is 19.7 Å². The second-order valence-electron chi connectivity index (χ2n) is 9.29. The third-order valence-electron chi connectivity index (χ3n) is 6.87. The van der Waals surface area contributed by atoms with E-state index in [1.165, 1.54) is 34.6 Å². The maximum atomic E-state index is 13.2. The highest BCUT2D eigenvalue weighted by Crippen LogP contribution is 2.35. The molecule has 3 heterocycles. The van der Waals surface area contributed by atoms with Crippen LogP contribution in [0.2, 0.25) is 0 Å². The van der Waals surface area contributed by atoms with Crippen LogP contribution < -0.4 is 15.4 Å². The number of hydrogen-bond donors (Lipinski definition) is 2. The molecule has 0 bridgehead atoms. The molecule has 2 saturated heterocycles. The first-order chi connectivity index (χ1) is 17.3. The summed E-state index contributed by atoms with van der Waals surface area (Å²) >= 11 is 0. The minimum atomic E-state index is -3.73. The number of hydrogen-bond acceptors (Lipinski definition) is 6. The zero-order chi connectivity index (χ0) is 25.3. The molecule has 0 aromatic heterocycles. The number of carbonyl (C=O) groups is 2. The Morgan fingerprint density at radius 2 is 1.94 bits per heavy atom. The van der Waals surface area contributed by atoms with E-state index in [4.69, 9.17) is 9.47 Å². The fourth-order valence-corrected chi connectivity index (χ4v) is 6.48. The molecule has 10 heteroatoms. The van der Waals surface area contributed by atoms with E-state index in [9.17, 15) is 18.0 Å². The molecule has 9 nitrogen and oxygen atoms in total. The van der Waals surface area contributed by atoms with E-state index in [0.717, 1.165) is 36.3 Å². The zero-order valence-corrected chi connectivity index (χ0v) is 20.6. The summed E-state index contributed by atoms with van der Waals surface area (Å²) in [6, 6.07) is 11.9. The van der Waals surface area contributed by atoms with E-state index in [1.54, 1.807) is 0 Å². The van der Waals surface area contributed by atoms with Crippen molar-refractivity contribution in [3.05, 3.63) is 71.8 Å². The molecule has 190 valence electrons. The quantitative estimate of drug-likeness (QED) is 0.550. The highest BCUT2D eigenvalue weighted by molar-refractivity contribution is 7.89. The molecule has 2 fully saturated rings. The van der Waals surface area contributed by atoms with Gasteiger partial charge in [0.1, 0.15) is 12.0 Å². The monoisotopic (exact) mass is 511 g/mol. The van der Waals surface area contributed by atoms with Gasteiger partial charge in [-0.05, 0) is 66.8 Å². The van der Waals surface area contributed by atoms with Gasteiger partial charge in [-0.25, -0.2) is 8.42 Å². The van der Waals surface area contributed by atoms with Crippen LogP contribution in [-0.4, -0.2) is 56.6 Å². The number of fused-ring (bicyclic) bond motifs is 2. The van der Waals surface area contributed by atoms with Crippen LogP contribution in [0.3, 0.4) is 0 Å². The number of nitrogens with zero attached hydrogens (tertiary/aromatic N) is 1. The number of benzene rings is 2. The average Bonchev–Trinajstić information content (AvgIpc) is 3.46. The van der Waals surface area contributed by atoms with E-state index in [0.29, 0.717) is 25.1 Å². The van der Waals surface area contributed by atoms with E-state index < -0.39 is 16.3 Å². The van der Waals surface area contributed by atoms with Gasteiger partial charge >= 0.3 is 0 Å². The topological polar surface area (TPSA) is 114 Å². The Balaban J connectivity index is 1.17. The molecule has 2 N–H and O–H groups in total. The lowest BCUT2D eigenvalue weighted by Gasteiger charge is -2.19. The van der Waals surface area contributed by atoms with E-state index in [1.807, 2.05) is 12.1 Å². The lowest BCUT2D eigenvalue weighted by Crippen LogP contribution is -2.37. The third kappa shape index (κ3) is 5.02. The van der Waals surface area contributed by atoms with Crippen LogP contribution in [0.1, 0.15) is 34.3 Å². The molecule has 3 atom stereocenters. The third-order valence-corrected chi connectivity index (χ3v) is 8.72. The van der Waals surface area contributed by atoms with Crippen LogP contribution in [0.15, 0.2) is 60.0 Å². The van der Waals surface area contributed by atoms with Crippen molar-refractivity contribution >= 4 is 21.8 Å². The van der Waals surface area contributed by atoms with Crippen molar-refractivity contribution in [1.29, 1.82) is 0 Å². The first kappa shape index (κ1) is 24.5. The molecule has 3 aliphatic heterocycles. The predicted octanol–water partition coefficient (Wildman–Crippen LogP) is 1.98. The SMILES string of the molecule is C=CC(=O)NC1CC2CN(S(=O)(=O)c3ccc(C(=O)NCc4ccc5c(c4)CCCO5)cc3)CC2O1. The number of aryl methyl sites for hydroxylation is 1. The van der Waals surface area contributed by atoms with Crippen LogP contribution >= 0.6 is 0 Å². The van der Waals surface area contributed by atoms with Gasteiger partial charge in [0, 0.05) is 31.1 Å². The number of rotatable bonds is 7. The van der Waals surface area contributed by atoms with Gasteiger partial charge in [0.15, 0.2) is 0 Å². The Hall–Kier alpha value is -3.21. The summed E-state index contributed by atoms with van der Waals surface area (Å²) in [5.41, 5.74) is 2.52. The van der Waals surface area contributed by atoms with Crippen molar-refractivity contribution in [2.45, 2.75) is 43.0 Å². The average molecular weight is 512 g/mol. The van der Waals surface area contributed by atoms with Crippen molar-refractivity contribution in [2.24, 2.45) is 5.92 Å². The lowest BCUT2D eigenvalue weighted by molar-refractivity contribution is -0.120. The van der Waals surface area contributed by atoms with Gasteiger partial charge in [0.05, 0.1) is 17.6 Å². The highest BCUT2D eigenvalue weighted by atomic mass is 32.2. The fourth-order valence-electron chi connectivity index (χ4n) is 4.97. The first-order valence-corrected chi connectivity index (χ1v) is 13.5.